The molecule has 0 aliphatic heterocycles. The van der Waals surface area contributed by atoms with Crippen molar-refractivity contribution in [2.75, 3.05) is 0 Å². The van der Waals surface area contributed by atoms with E-state index in [1.807, 2.05) is 0 Å². The van der Waals surface area contributed by atoms with Gasteiger partial charge in [0.05, 0.1) is 19.0 Å². The molecule has 3 rings (SSSR count). The zero-order valence-electron chi connectivity index (χ0n) is 22.4. The van der Waals surface area contributed by atoms with E-state index in [4.69, 9.17) is 0 Å². The fraction of sp³-hybridized carbons (Fsp3) is 0.500. The molecule has 0 saturated heterocycles. The van der Waals surface area contributed by atoms with Crippen LogP contribution in [0.5, 0.6) is 0 Å². The minimum Gasteiger partial charge on any atom is -0.200 e. The summed E-state index contributed by atoms with van der Waals surface area (Å²) < 4.78 is 2.31. The van der Waals surface area contributed by atoms with Gasteiger partial charge in [-0.25, -0.2) is 4.57 Å². The lowest BCUT2D eigenvalue weighted by Crippen LogP contribution is -2.53. The van der Waals surface area contributed by atoms with E-state index in [-0.39, 0.29) is 5.41 Å². The molecule has 1 nitrogen and oxygen atoms in total. The van der Waals surface area contributed by atoms with Crippen LogP contribution in [0.1, 0.15) is 72.1 Å². The molecule has 0 aliphatic rings. The van der Waals surface area contributed by atoms with Crippen LogP contribution < -0.4 is 9.75 Å². The van der Waals surface area contributed by atoms with Crippen molar-refractivity contribution in [1.82, 2.24) is 0 Å². The zero-order chi connectivity index (χ0) is 24.1. The number of rotatable bonds is 4. The molecular formula is C30H44NSi+. The van der Waals surface area contributed by atoms with Gasteiger partial charge in [0.25, 0.3) is 0 Å². The Labute approximate surface area is 197 Å². The molecule has 0 atom stereocenters. The average Bonchev–Trinajstić information content (AvgIpc) is 2.70. The first-order valence-electron chi connectivity index (χ1n) is 12.3. The molecule has 1 aromatic heterocycles. The second-order valence-corrected chi connectivity index (χ2v) is 17.5. The van der Waals surface area contributed by atoms with Crippen molar-refractivity contribution < 1.29 is 4.57 Å². The van der Waals surface area contributed by atoms with Crippen molar-refractivity contribution in [2.45, 2.75) is 91.8 Å². The van der Waals surface area contributed by atoms with Gasteiger partial charge in [-0.1, -0.05) is 90.9 Å². The molecule has 172 valence electrons. The molecule has 0 spiro atoms. The fourth-order valence-electron chi connectivity index (χ4n) is 5.70. The molecule has 0 unspecified atom stereocenters. The Morgan fingerprint density at radius 2 is 1.47 bits per heavy atom. The standard InChI is InChI=1S/C30H44NSi/c1-12-32(13-2,30(8,9)10)25-14-15-26-23(19-25)16-17-31(11)28(26)27-20-24(29(5,6)7)18-21(3)22(27)4/h14-20H,12-13H2,1-11H3/q+1. The van der Waals surface area contributed by atoms with Gasteiger partial charge in [0.15, 0.2) is 6.20 Å². The monoisotopic (exact) mass is 446 g/mol. The minimum absolute atomic E-state index is 0.129. The average molecular weight is 447 g/mol. The Morgan fingerprint density at radius 3 is 2.00 bits per heavy atom. The van der Waals surface area contributed by atoms with E-state index in [9.17, 15) is 0 Å². The topological polar surface area (TPSA) is 3.88 Å². The van der Waals surface area contributed by atoms with Gasteiger partial charge < -0.3 is 0 Å². The smallest absolute Gasteiger partial charge is 0.200 e. The third kappa shape index (κ3) is 4.07. The molecule has 0 bridgehead atoms. The summed E-state index contributed by atoms with van der Waals surface area (Å²) in [5.74, 6) is 0. The number of hydrogen-bond donors (Lipinski definition) is 0. The van der Waals surface area contributed by atoms with Crippen molar-refractivity contribution in [3.63, 3.8) is 0 Å². The van der Waals surface area contributed by atoms with Gasteiger partial charge in [-0.05, 0) is 58.5 Å². The van der Waals surface area contributed by atoms with Crippen LogP contribution in [-0.4, -0.2) is 8.07 Å². The van der Waals surface area contributed by atoms with Gasteiger partial charge in [0, 0.05) is 6.07 Å². The highest BCUT2D eigenvalue weighted by Crippen LogP contribution is 2.42. The Hall–Kier alpha value is -1.93. The maximum atomic E-state index is 2.53. The van der Waals surface area contributed by atoms with Gasteiger partial charge in [0.2, 0.25) is 5.69 Å². The van der Waals surface area contributed by atoms with Crippen molar-refractivity contribution >= 4 is 24.0 Å². The molecule has 0 aliphatic carbocycles. The summed E-state index contributed by atoms with van der Waals surface area (Å²) in [5, 5.41) is 4.69. The molecule has 0 saturated carbocycles. The second-order valence-electron chi connectivity index (χ2n) is 11.8. The van der Waals surface area contributed by atoms with Crippen LogP contribution in [0.4, 0.5) is 0 Å². The minimum atomic E-state index is -1.61. The Morgan fingerprint density at radius 1 is 0.844 bits per heavy atom. The lowest BCUT2D eigenvalue weighted by molar-refractivity contribution is -0.659. The van der Waals surface area contributed by atoms with Crippen molar-refractivity contribution in [1.29, 1.82) is 0 Å². The zero-order valence-corrected chi connectivity index (χ0v) is 23.4. The van der Waals surface area contributed by atoms with E-state index in [0.717, 1.165) is 0 Å². The van der Waals surface area contributed by atoms with Crippen LogP contribution in [0.3, 0.4) is 0 Å². The fourth-order valence-corrected chi connectivity index (χ4v) is 10.8. The van der Waals surface area contributed by atoms with Crippen molar-refractivity contribution in [3.8, 4) is 11.3 Å². The Bertz CT molecular complexity index is 1140. The summed E-state index contributed by atoms with van der Waals surface area (Å²) >= 11 is 0. The number of aromatic nitrogens is 1. The van der Waals surface area contributed by atoms with Gasteiger partial charge in [-0.3, -0.25) is 0 Å². The number of fused-ring (bicyclic) bond motifs is 1. The largest absolute Gasteiger partial charge is 0.220 e. The number of benzene rings is 2. The summed E-state index contributed by atoms with van der Waals surface area (Å²) in [4.78, 5) is 0. The van der Waals surface area contributed by atoms with E-state index in [1.54, 1.807) is 5.19 Å². The maximum Gasteiger partial charge on any atom is 0.220 e. The quantitative estimate of drug-likeness (QED) is 0.285. The van der Waals surface area contributed by atoms with Crippen molar-refractivity contribution in [2.24, 2.45) is 7.05 Å². The molecule has 3 aromatic rings. The first kappa shape index (κ1) is 24.7. The molecule has 0 radical (unpaired) electrons. The highest BCUT2D eigenvalue weighted by atomic mass is 28.3. The summed E-state index contributed by atoms with van der Waals surface area (Å²) in [6, 6.07) is 17.1. The molecule has 2 aromatic carbocycles. The molecule has 2 heteroatoms. The summed E-state index contributed by atoms with van der Waals surface area (Å²) in [6.45, 7) is 23.6. The third-order valence-corrected chi connectivity index (χ3v) is 14.8. The normalized spacial score (nSPS) is 13.1. The van der Waals surface area contributed by atoms with Crippen LogP contribution in [0.2, 0.25) is 17.1 Å². The van der Waals surface area contributed by atoms with Crippen molar-refractivity contribution in [3.05, 3.63) is 59.3 Å². The van der Waals surface area contributed by atoms with E-state index < -0.39 is 8.07 Å². The predicted octanol–water partition coefficient (Wildman–Crippen LogP) is 7.74. The highest BCUT2D eigenvalue weighted by Gasteiger charge is 2.42. The van der Waals surface area contributed by atoms with Crippen LogP contribution in [0, 0.1) is 13.8 Å². The summed E-state index contributed by atoms with van der Waals surface area (Å²) in [7, 11) is 0.579. The lowest BCUT2D eigenvalue weighted by Gasteiger charge is -2.42. The van der Waals surface area contributed by atoms with Crippen LogP contribution in [-0.2, 0) is 12.5 Å². The predicted molar refractivity (Wildman–Crippen MR) is 145 cm³/mol. The Kier molecular flexibility index (Phi) is 6.52. The molecule has 1 heterocycles. The SMILES string of the molecule is CC[Si](CC)(c1ccc2c(-c3cc(C(C)(C)C)cc(C)c3C)[n+](C)ccc2c1)C(C)(C)C. The molecular weight excluding hydrogens is 402 g/mol. The molecule has 32 heavy (non-hydrogen) atoms. The highest BCUT2D eigenvalue weighted by molar-refractivity contribution is 6.94. The van der Waals surface area contributed by atoms with E-state index in [0.29, 0.717) is 5.04 Å². The van der Waals surface area contributed by atoms with Gasteiger partial charge in [0.1, 0.15) is 7.05 Å². The first-order chi connectivity index (χ1) is 14.8. The number of pyridine rings is 1. The number of nitrogens with zero attached hydrogens (tertiary/aromatic N) is 1. The van der Waals surface area contributed by atoms with Gasteiger partial charge >= 0.3 is 0 Å². The van der Waals surface area contributed by atoms with E-state index >= 15 is 0 Å². The lowest BCUT2D eigenvalue weighted by atomic mass is 9.83. The van der Waals surface area contributed by atoms with Crippen LogP contribution in [0.15, 0.2) is 42.6 Å². The van der Waals surface area contributed by atoms with Crippen LogP contribution >= 0.6 is 0 Å². The van der Waals surface area contributed by atoms with E-state index in [2.05, 4.69) is 123 Å². The van der Waals surface area contributed by atoms with E-state index in [1.165, 1.54) is 50.8 Å². The second kappa shape index (κ2) is 8.45. The molecule has 0 amide bonds. The third-order valence-electron chi connectivity index (χ3n) is 8.12. The van der Waals surface area contributed by atoms with Gasteiger partial charge in [-0.2, -0.15) is 0 Å². The molecule has 0 fully saturated rings. The maximum absolute atomic E-state index is 2.53. The first-order valence-corrected chi connectivity index (χ1v) is 14.7. The summed E-state index contributed by atoms with van der Waals surface area (Å²) in [5.41, 5.74) is 6.98. The van der Waals surface area contributed by atoms with Gasteiger partial charge in [-0.15, -0.1) is 0 Å². The van der Waals surface area contributed by atoms with Crippen LogP contribution in [0.25, 0.3) is 22.0 Å². The summed E-state index contributed by atoms with van der Waals surface area (Å²) in [6.07, 6.45) is 2.25. The Balaban J connectivity index is 2.33. The number of hydrogen-bond acceptors (Lipinski definition) is 0. The number of aryl methyl sites for hydroxylation is 2. The molecule has 0 N–H and O–H groups in total.